The Kier molecular flexibility index (Phi) is 6.34. The number of rotatable bonds is 0. The predicted molar refractivity (Wildman–Crippen MR) is 102 cm³/mol. The second-order valence-electron chi connectivity index (χ2n) is 9.17. The van der Waals surface area contributed by atoms with Crippen molar-refractivity contribution < 1.29 is 13.5 Å². The van der Waals surface area contributed by atoms with Crippen LogP contribution in [0.25, 0.3) is 0 Å². The highest BCUT2D eigenvalue weighted by atomic mass is 19.1. The number of hydrogen-bond acceptors (Lipinski definition) is 5. The van der Waals surface area contributed by atoms with E-state index in [0.717, 1.165) is 25.7 Å². The zero-order chi connectivity index (χ0) is 19.0. The maximum absolute atomic E-state index is 14.7. The van der Waals surface area contributed by atoms with Crippen molar-refractivity contribution in [1.82, 2.24) is 21.3 Å². The van der Waals surface area contributed by atoms with Crippen molar-refractivity contribution in [3.8, 4) is 0 Å². The Labute approximate surface area is 161 Å². The van der Waals surface area contributed by atoms with Crippen molar-refractivity contribution >= 4 is 0 Å². The highest BCUT2D eigenvalue weighted by molar-refractivity contribution is 5.05. The van der Waals surface area contributed by atoms with Gasteiger partial charge in [-0.2, -0.15) is 0 Å². The Morgan fingerprint density at radius 2 is 1.74 bits per heavy atom. The van der Waals surface area contributed by atoms with E-state index >= 15 is 0 Å². The molecule has 4 fully saturated rings. The van der Waals surface area contributed by atoms with Crippen LogP contribution in [-0.4, -0.2) is 68.0 Å². The van der Waals surface area contributed by atoms with Crippen molar-refractivity contribution in [3.05, 3.63) is 0 Å². The first-order chi connectivity index (χ1) is 13.0. The summed E-state index contributed by atoms with van der Waals surface area (Å²) in [5.74, 6) is 0.187. The molecule has 0 spiro atoms. The molecule has 4 rings (SSSR count). The van der Waals surface area contributed by atoms with E-state index in [4.69, 9.17) is 4.74 Å². The molecule has 0 aromatic heterocycles. The quantitative estimate of drug-likeness (QED) is 0.510. The second kappa shape index (κ2) is 8.57. The number of nitrogens with one attached hydrogen (secondary N) is 4. The van der Waals surface area contributed by atoms with Gasteiger partial charge in [0.1, 0.15) is 12.3 Å². The maximum Gasteiger partial charge on any atom is 0.129 e. The Hall–Kier alpha value is -0.340. The highest BCUT2D eigenvalue weighted by Gasteiger charge is 2.44. The van der Waals surface area contributed by atoms with E-state index in [-0.39, 0.29) is 42.4 Å². The topological polar surface area (TPSA) is 57.4 Å². The van der Waals surface area contributed by atoms with Gasteiger partial charge in [-0.15, -0.1) is 0 Å². The van der Waals surface area contributed by atoms with Gasteiger partial charge in [0.25, 0.3) is 0 Å². The summed E-state index contributed by atoms with van der Waals surface area (Å²) in [4.78, 5) is 0. The monoisotopic (exact) mass is 386 g/mol. The van der Waals surface area contributed by atoms with Crippen LogP contribution >= 0.6 is 0 Å². The van der Waals surface area contributed by atoms with Gasteiger partial charge < -0.3 is 15.4 Å². The second-order valence-corrected chi connectivity index (χ2v) is 9.17. The SMILES string of the molecule is CC1CCOC2CCC(F)CC2[C@@H](C)N[C@H]2CCC3NCC(F)C(N1)C3N2. The summed E-state index contributed by atoms with van der Waals surface area (Å²) >= 11 is 0. The van der Waals surface area contributed by atoms with E-state index in [9.17, 15) is 8.78 Å². The van der Waals surface area contributed by atoms with Crippen LogP contribution in [0.4, 0.5) is 8.78 Å². The standard InChI is InChI=1S/C20H36F2N4O/c1-11-7-8-27-17-5-3-13(21)9-14(17)12(2)25-18-6-4-16-20(26-18)19(24-11)15(22)10-23-16/h11-20,23-26H,3-10H2,1-2H3/t11?,12-,13?,14?,15?,16?,17?,18-,19?,20?/m1/s1. The van der Waals surface area contributed by atoms with E-state index < -0.39 is 12.3 Å². The maximum atomic E-state index is 14.7. The molecule has 4 aliphatic rings. The number of piperidine rings is 2. The largest absolute Gasteiger partial charge is 0.378 e. The summed E-state index contributed by atoms with van der Waals surface area (Å²) in [7, 11) is 0. The van der Waals surface area contributed by atoms with E-state index in [1.54, 1.807) is 0 Å². The van der Waals surface area contributed by atoms with Crippen LogP contribution in [0.3, 0.4) is 0 Å². The zero-order valence-corrected chi connectivity index (χ0v) is 16.6. The van der Waals surface area contributed by atoms with Crippen LogP contribution in [0.5, 0.6) is 0 Å². The van der Waals surface area contributed by atoms with Crippen LogP contribution in [0.15, 0.2) is 0 Å². The summed E-state index contributed by atoms with van der Waals surface area (Å²) in [6.45, 7) is 5.33. The molecule has 8 unspecified atom stereocenters. The van der Waals surface area contributed by atoms with Crippen LogP contribution in [0.2, 0.25) is 0 Å². The van der Waals surface area contributed by atoms with E-state index in [1.165, 1.54) is 0 Å². The Bertz CT molecular complexity index is 499. The van der Waals surface area contributed by atoms with Gasteiger partial charge >= 0.3 is 0 Å². The van der Waals surface area contributed by atoms with Gasteiger partial charge in [-0.3, -0.25) is 10.6 Å². The molecular weight excluding hydrogens is 350 g/mol. The van der Waals surface area contributed by atoms with Crippen LogP contribution < -0.4 is 21.3 Å². The van der Waals surface area contributed by atoms with E-state index in [1.807, 2.05) is 0 Å². The molecule has 27 heavy (non-hydrogen) atoms. The van der Waals surface area contributed by atoms with E-state index in [2.05, 4.69) is 35.1 Å². The number of hydrogen-bond donors (Lipinski definition) is 4. The molecule has 1 saturated carbocycles. The molecule has 10 atom stereocenters. The van der Waals surface area contributed by atoms with Crippen molar-refractivity contribution in [2.45, 2.75) is 107 Å². The Balaban J connectivity index is 1.53. The predicted octanol–water partition coefficient (Wildman–Crippen LogP) is 1.63. The van der Waals surface area contributed by atoms with Crippen molar-refractivity contribution in [2.75, 3.05) is 13.2 Å². The van der Waals surface area contributed by atoms with Gasteiger partial charge in [-0.05, 0) is 52.4 Å². The molecule has 0 amide bonds. The molecule has 0 aromatic rings. The number of ether oxygens (including phenoxy) is 1. The van der Waals surface area contributed by atoms with Gasteiger partial charge in [-0.1, -0.05) is 0 Å². The molecular formula is C20H36F2N4O. The fraction of sp³-hybridized carbons (Fsp3) is 1.00. The first kappa shape index (κ1) is 20.0. The van der Waals surface area contributed by atoms with Gasteiger partial charge in [0.05, 0.1) is 18.3 Å². The van der Waals surface area contributed by atoms with Gasteiger partial charge in [-0.25, -0.2) is 8.78 Å². The first-order valence-corrected chi connectivity index (χ1v) is 10.9. The molecule has 3 heterocycles. The normalized spacial score (nSPS) is 52.0. The fourth-order valence-electron chi connectivity index (χ4n) is 5.60. The molecule has 0 aromatic carbocycles. The lowest BCUT2D eigenvalue weighted by Crippen LogP contribution is -2.73. The third-order valence-electron chi connectivity index (χ3n) is 7.18. The molecule has 4 N–H and O–H groups in total. The van der Waals surface area contributed by atoms with Gasteiger partial charge in [0.15, 0.2) is 0 Å². The van der Waals surface area contributed by atoms with Crippen molar-refractivity contribution in [2.24, 2.45) is 5.92 Å². The third-order valence-corrected chi connectivity index (χ3v) is 7.18. The average molecular weight is 387 g/mol. The molecule has 7 heteroatoms. The van der Waals surface area contributed by atoms with Crippen molar-refractivity contribution in [3.63, 3.8) is 0 Å². The lowest BCUT2D eigenvalue weighted by atomic mass is 9.80. The minimum atomic E-state index is -0.904. The first-order valence-electron chi connectivity index (χ1n) is 10.9. The lowest BCUT2D eigenvalue weighted by molar-refractivity contribution is -0.0415. The van der Waals surface area contributed by atoms with Crippen LogP contribution in [0, 0.1) is 5.92 Å². The molecule has 156 valence electrons. The van der Waals surface area contributed by atoms with Gasteiger partial charge in [0, 0.05) is 43.2 Å². The number of fused-ring (bicyclic) bond motifs is 2. The minimum Gasteiger partial charge on any atom is -0.378 e. The van der Waals surface area contributed by atoms with Gasteiger partial charge in [0.2, 0.25) is 0 Å². The summed E-state index contributed by atoms with van der Waals surface area (Å²) in [6.07, 6.45) is 3.45. The van der Waals surface area contributed by atoms with Crippen LogP contribution in [-0.2, 0) is 4.74 Å². The third kappa shape index (κ3) is 4.47. The molecule has 5 nitrogen and oxygen atoms in total. The minimum absolute atomic E-state index is 0.0624. The average Bonchev–Trinajstić information content (AvgIpc) is 2.65. The zero-order valence-electron chi connectivity index (χ0n) is 16.6. The molecule has 2 bridgehead atoms. The summed E-state index contributed by atoms with van der Waals surface area (Å²) in [5, 5.41) is 14.3. The summed E-state index contributed by atoms with van der Waals surface area (Å²) in [5.41, 5.74) is 0. The summed E-state index contributed by atoms with van der Waals surface area (Å²) in [6, 6.07) is 0.534. The van der Waals surface area contributed by atoms with Crippen LogP contribution in [0.1, 0.15) is 52.4 Å². The molecule has 3 saturated heterocycles. The molecule has 0 radical (unpaired) electrons. The molecule has 1 aliphatic carbocycles. The van der Waals surface area contributed by atoms with E-state index in [0.29, 0.717) is 32.0 Å². The lowest BCUT2D eigenvalue weighted by Gasteiger charge is -2.48. The number of halogens is 2. The summed E-state index contributed by atoms with van der Waals surface area (Å²) < 4.78 is 35.1. The molecule has 3 aliphatic heterocycles. The Morgan fingerprint density at radius 1 is 0.889 bits per heavy atom. The highest BCUT2D eigenvalue weighted by Crippen LogP contribution is 2.32. The number of alkyl halides is 2. The Morgan fingerprint density at radius 3 is 2.59 bits per heavy atom. The van der Waals surface area contributed by atoms with Crippen molar-refractivity contribution in [1.29, 1.82) is 0 Å². The fourth-order valence-corrected chi connectivity index (χ4v) is 5.60. The smallest absolute Gasteiger partial charge is 0.129 e.